The molecule has 35 heavy (non-hydrogen) atoms. The zero-order chi connectivity index (χ0) is 24.8. The van der Waals surface area contributed by atoms with E-state index in [1.165, 1.54) is 0 Å². The molecule has 10 heteroatoms. The van der Waals surface area contributed by atoms with E-state index in [0.717, 1.165) is 43.4 Å². The van der Waals surface area contributed by atoms with Crippen molar-refractivity contribution >= 4 is 23.6 Å². The summed E-state index contributed by atoms with van der Waals surface area (Å²) in [6.45, 7) is 6.68. The SMILES string of the molecule is COc1cc(/C=C/C(=O)N2CCN(c3ccc(N4CCN(C)CC4)nn3)CC2)cc(OC)c1OC. The lowest BCUT2D eigenvalue weighted by molar-refractivity contribution is -0.126. The summed E-state index contributed by atoms with van der Waals surface area (Å²) < 4.78 is 16.1. The van der Waals surface area contributed by atoms with Gasteiger partial charge in [-0.1, -0.05) is 0 Å². The summed E-state index contributed by atoms with van der Waals surface area (Å²) in [6.07, 6.45) is 3.35. The highest BCUT2D eigenvalue weighted by Gasteiger charge is 2.22. The molecule has 4 rings (SSSR count). The van der Waals surface area contributed by atoms with E-state index in [2.05, 4.69) is 31.9 Å². The Morgan fingerprint density at radius 3 is 1.77 bits per heavy atom. The van der Waals surface area contributed by atoms with Crippen LogP contribution in [-0.2, 0) is 4.79 Å². The smallest absolute Gasteiger partial charge is 0.246 e. The molecule has 0 spiro atoms. The van der Waals surface area contributed by atoms with Crippen molar-refractivity contribution in [2.45, 2.75) is 0 Å². The maximum atomic E-state index is 12.8. The predicted octanol–water partition coefficient (Wildman–Crippen LogP) is 1.62. The van der Waals surface area contributed by atoms with Crippen LogP contribution in [0.1, 0.15) is 5.56 Å². The van der Waals surface area contributed by atoms with E-state index < -0.39 is 0 Å². The van der Waals surface area contributed by atoms with Gasteiger partial charge < -0.3 is 33.8 Å². The molecule has 0 bridgehead atoms. The van der Waals surface area contributed by atoms with Gasteiger partial charge in [-0.3, -0.25) is 4.79 Å². The highest BCUT2D eigenvalue weighted by Crippen LogP contribution is 2.38. The second-order valence-electron chi connectivity index (χ2n) is 8.64. The molecule has 0 saturated carbocycles. The van der Waals surface area contributed by atoms with Crippen molar-refractivity contribution in [2.24, 2.45) is 0 Å². The van der Waals surface area contributed by atoms with Gasteiger partial charge in [0.2, 0.25) is 11.7 Å². The first kappa shape index (κ1) is 24.6. The van der Waals surface area contributed by atoms with Gasteiger partial charge in [-0.25, -0.2) is 0 Å². The van der Waals surface area contributed by atoms with E-state index in [1.54, 1.807) is 33.5 Å². The van der Waals surface area contributed by atoms with E-state index in [-0.39, 0.29) is 5.91 Å². The summed E-state index contributed by atoms with van der Waals surface area (Å²) in [6, 6.07) is 7.70. The third-order valence-electron chi connectivity index (χ3n) is 6.48. The van der Waals surface area contributed by atoms with Gasteiger partial charge in [0.1, 0.15) is 0 Å². The summed E-state index contributed by atoms with van der Waals surface area (Å²) in [5.74, 6) is 3.36. The van der Waals surface area contributed by atoms with E-state index in [9.17, 15) is 4.79 Å². The van der Waals surface area contributed by atoms with E-state index in [1.807, 2.05) is 29.2 Å². The highest BCUT2D eigenvalue weighted by atomic mass is 16.5. The third kappa shape index (κ3) is 5.76. The molecule has 1 aromatic heterocycles. The molecule has 0 aliphatic carbocycles. The van der Waals surface area contributed by atoms with E-state index in [0.29, 0.717) is 43.4 Å². The Labute approximate surface area is 206 Å². The number of benzene rings is 1. The Kier molecular flexibility index (Phi) is 7.91. The van der Waals surface area contributed by atoms with Crippen molar-refractivity contribution in [3.63, 3.8) is 0 Å². The quantitative estimate of drug-likeness (QED) is 0.547. The van der Waals surface area contributed by atoms with Crippen molar-refractivity contribution in [3.05, 3.63) is 35.9 Å². The van der Waals surface area contributed by atoms with Gasteiger partial charge >= 0.3 is 0 Å². The number of hydrogen-bond donors (Lipinski definition) is 0. The molecule has 2 fully saturated rings. The van der Waals surface area contributed by atoms with Crippen LogP contribution < -0.4 is 24.0 Å². The van der Waals surface area contributed by atoms with Crippen LogP contribution in [0.2, 0.25) is 0 Å². The second kappa shape index (κ2) is 11.3. The molecule has 10 nitrogen and oxygen atoms in total. The number of carbonyl (C=O) groups is 1. The molecule has 2 aliphatic rings. The minimum atomic E-state index is -0.0325. The van der Waals surface area contributed by atoms with Gasteiger partial charge in [-0.2, -0.15) is 0 Å². The van der Waals surface area contributed by atoms with Crippen LogP contribution in [0, 0.1) is 0 Å². The van der Waals surface area contributed by atoms with Crippen molar-refractivity contribution in [2.75, 3.05) is 90.5 Å². The lowest BCUT2D eigenvalue weighted by atomic mass is 10.1. The van der Waals surface area contributed by atoms with Crippen LogP contribution in [0.15, 0.2) is 30.3 Å². The lowest BCUT2D eigenvalue weighted by Crippen LogP contribution is -2.48. The van der Waals surface area contributed by atoms with Crippen LogP contribution in [-0.4, -0.2) is 107 Å². The number of aromatic nitrogens is 2. The molecule has 2 saturated heterocycles. The fourth-order valence-electron chi connectivity index (χ4n) is 4.32. The number of nitrogens with zero attached hydrogens (tertiary/aromatic N) is 6. The van der Waals surface area contributed by atoms with Gasteiger partial charge in [-0.05, 0) is 43.0 Å². The standard InChI is InChI=1S/C25H34N6O4/c1-28-9-11-29(12-10-28)22-6-7-23(27-26-22)30-13-15-31(16-14-30)24(32)8-5-19-17-20(33-2)25(35-4)21(18-19)34-3/h5-8,17-18H,9-16H2,1-4H3/b8-5+. The average molecular weight is 483 g/mol. The zero-order valence-corrected chi connectivity index (χ0v) is 20.9. The first-order valence-corrected chi connectivity index (χ1v) is 11.8. The van der Waals surface area contributed by atoms with Crippen molar-refractivity contribution in [3.8, 4) is 17.2 Å². The highest BCUT2D eigenvalue weighted by molar-refractivity contribution is 5.92. The minimum Gasteiger partial charge on any atom is -0.493 e. The van der Waals surface area contributed by atoms with E-state index >= 15 is 0 Å². The normalized spacial score (nSPS) is 17.1. The number of likely N-dealkylation sites (N-methyl/N-ethyl adjacent to an activating group) is 1. The van der Waals surface area contributed by atoms with Crippen molar-refractivity contribution in [1.82, 2.24) is 20.0 Å². The van der Waals surface area contributed by atoms with Crippen LogP contribution in [0.3, 0.4) is 0 Å². The van der Waals surface area contributed by atoms with Gasteiger partial charge in [-0.15, -0.1) is 10.2 Å². The topological polar surface area (TPSA) is 83.5 Å². The zero-order valence-electron chi connectivity index (χ0n) is 20.9. The fraction of sp³-hybridized carbons (Fsp3) is 0.480. The molecule has 188 valence electrons. The van der Waals surface area contributed by atoms with Crippen LogP contribution in [0.5, 0.6) is 17.2 Å². The van der Waals surface area contributed by atoms with Gasteiger partial charge in [0, 0.05) is 58.4 Å². The van der Waals surface area contributed by atoms with Crippen molar-refractivity contribution in [1.29, 1.82) is 0 Å². The molecule has 0 radical (unpaired) electrons. The fourth-order valence-corrected chi connectivity index (χ4v) is 4.32. The summed E-state index contributed by atoms with van der Waals surface area (Å²) in [4.78, 5) is 21.4. The number of anilines is 2. The van der Waals surface area contributed by atoms with Crippen LogP contribution >= 0.6 is 0 Å². The summed E-state index contributed by atoms with van der Waals surface area (Å²) in [5, 5.41) is 8.91. The summed E-state index contributed by atoms with van der Waals surface area (Å²) in [7, 11) is 6.84. The minimum absolute atomic E-state index is 0.0325. The molecule has 1 amide bonds. The number of rotatable bonds is 7. The van der Waals surface area contributed by atoms with Gasteiger partial charge in [0.25, 0.3) is 0 Å². The average Bonchev–Trinajstić information content (AvgIpc) is 2.91. The first-order chi connectivity index (χ1) is 17.0. The van der Waals surface area contributed by atoms with Gasteiger partial charge in [0.05, 0.1) is 21.3 Å². The van der Waals surface area contributed by atoms with Crippen LogP contribution in [0.4, 0.5) is 11.6 Å². The monoisotopic (exact) mass is 482 g/mol. The number of ether oxygens (including phenoxy) is 3. The Morgan fingerprint density at radius 2 is 1.31 bits per heavy atom. The summed E-state index contributed by atoms with van der Waals surface area (Å²) >= 11 is 0. The second-order valence-corrected chi connectivity index (χ2v) is 8.64. The number of amides is 1. The molecule has 1 aromatic carbocycles. The molecule has 0 atom stereocenters. The van der Waals surface area contributed by atoms with Crippen LogP contribution in [0.25, 0.3) is 6.08 Å². The van der Waals surface area contributed by atoms with Gasteiger partial charge in [0.15, 0.2) is 23.1 Å². The Hall–Kier alpha value is -3.53. The van der Waals surface area contributed by atoms with Crippen molar-refractivity contribution < 1.29 is 19.0 Å². The molecular formula is C25H34N6O4. The molecular weight excluding hydrogens is 448 g/mol. The number of carbonyl (C=O) groups excluding carboxylic acids is 1. The Morgan fingerprint density at radius 1 is 0.800 bits per heavy atom. The Bertz CT molecular complexity index is 1000. The number of hydrogen-bond acceptors (Lipinski definition) is 9. The molecule has 2 aliphatic heterocycles. The largest absolute Gasteiger partial charge is 0.493 e. The maximum absolute atomic E-state index is 12.8. The molecule has 0 N–H and O–H groups in total. The molecule has 0 unspecified atom stereocenters. The molecule has 3 heterocycles. The number of piperazine rings is 2. The first-order valence-electron chi connectivity index (χ1n) is 11.8. The van der Waals surface area contributed by atoms with E-state index in [4.69, 9.17) is 14.2 Å². The summed E-state index contributed by atoms with van der Waals surface area (Å²) in [5.41, 5.74) is 0.794. The predicted molar refractivity (Wildman–Crippen MR) is 136 cm³/mol. The lowest BCUT2D eigenvalue weighted by Gasteiger charge is -2.35. The third-order valence-corrected chi connectivity index (χ3v) is 6.48. The maximum Gasteiger partial charge on any atom is 0.246 e. The molecule has 2 aromatic rings. The Balaban J connectivity index is 1.32. The number of methoxy groups -OCH3 is 3.